The summed E-state index contributed by atoms with van der Waals surface area (Å²) >= 11 is 0. The van der Waals surface area contributed by atoms with Gasteiger partial charge < -0.3 is 14.2 Å². The second kappa shape index (κ2) is 48.3. The number of ether oxygens (including phenoxy) is 3. The zero-order valence-corrected chi connectivity index (χ0v) is 39.3. The first-order valence-corrected chi connectivity index (χ1v) is 25.5. The molecule has 0 bridgehead atoms. The normalized spacial score (nSPS) is 12.3. The lowest BCUT2D eigenvalue weighted by atomic mass is 10.0. The zero-order chi connectivity index (χ0) is 43.0. The molecule has 0 amide bonds. The SMILES string of the molecule is CCCC/C=C\C/C=C\CCCCCCCC(=O)OC[C@@H](COC(=O)CCCCCCCCCCCCCCC)OC(=O)CCCCCCC/C=C\CCCCCCC. The first-order valence-electron chi connectivity index (χ1n) is 25.5. The van der Waals surface area contributed by atoms with E-state index in [1.54, 1.807) is 0 Å². The van der Waals surface area contributed by atoms with Crippen molar-refractivity contribution < 1.29 is 28.6 Å². The molecule has 6 heteroatoms. The highest BCUT2D eigenvalue weighted by molar-refractivity contribution is 5.71. The van der Waals surface area contributed by atoms with Crippen molar-refractivity contribution in [1.82, 2.24) is 0 Å². The standard InChI is InChI=1S/C53H96O6/c1-4-7-10-13-16-19-22-25-28-31-34-37-40-43-46-52(55)58-49-50(48-57-51(54)45-42-39-36-33-30-27-24-21-18-15-12-9-6-3)59-53(56)47-44-41-38-35-32-29-26-23-20-17-14-11-8-5-2/h13,16,22-23,25-26,50H,4-12,14-15,17-21,24,27-49H2,1-3H3/b16-13-,25-22-,26-23-/t50-/m1/s1. The van der Waals surface area contributed by atoms with E-state index in [1.807, 2.05) is 0 Å². The maximum absolute atomic E-state index is 12.8. The van der Waals surface area contributed by atoms with Crippen LogP contribution in [-0.2, 0) is 28.6 Å². The third-order valence-corrected chi connectivity index (χ3v) is 11.1. The number of esters is 3. The van der Waals surface area contributed by atoms with Crippen LogP contribution < -0.4 is 0 Å². The van der Waals surface area contributed by atoms with E-state index in [2.05, 4.69) is 57.2 Å². The van der Waals surface area contributed by atoms with E-state index in [-0.39, 0.29) is 31.1 Å². The van der Waals surface area contributed by atoms with Gasteiger partial charge in [0.25, 0.3) is 0 Å². The van der Waals surface area contributed by atoms with E-state index in [0.717, 1.165) is 83.5 Å². The third-order valence-electron chi connectivity index (χ3n) is 11.1. The fourth-order valence-electron chi connectivity index (χ4n) is 7.22. The minimum atomic E-state index is -0.777. The molecule has 0 aromatic heterocycles. The van der Waals surface area contributed by atoms with Crippen molar-refractivity contribution in [2.75, 3.05) is 13.2 Å². The highest BCUT2D eigenvalue weighted by Crippen LogP contribution is 2.15. The Kier molecular flexibility index (Phi) is 46.4. The number of hydrogen-bond donors (Lipinski definition) is 0. The van der Waals surface area contributed by atoms with Gasteiger partial charge >= 0.3 is 17.9 Å². The van der Waals surface area contributed by atoms with Crippen LogP contribution >= 0.6 is 0 Å². The second-order valence-corrected chi connectivity index (χ2v) is 17.1. The number of rotatable bonds is 46. The van der Waals surface area contributed by atoms with Crippen molar-refractivity contribution >= 4 is 17.9 Å². The highest BCUT2D eigenvalue weighted by Gasteiger charge is 2.19. The monoisotopic (exact) mass is 829 g/mol. The molecule has 59 heavy (non-hydrogen) atoms. The van der Waals surface area contributed by atoms with Crippen LogP contribution in [0, 0.1) is 0 Å². The number of carbonyl (C=O) groups excluding carboxylic acids is 3. The molecular weight excluding hydrogens is 733 g/mol. The number of unbranched alkanes of at least 4 members (excludes halogenated alkanes) is 29. The summed E-state index contributed by atoms with van der Waals surface area (Å²) in [7, 11) is 0. The number of hydrogen-bond acceptors (Lipinski definition) is 6. The van der Waals surface area contributed by atoms with Crippen LogP contribution in [0.4, 0.5) is 0 Å². The van der Waals surface area contributed by atoms with E-state index < -0.39 is 6.10 Å². The lowest BCUT2D eigenvalue weighted by Gasteiger charge is -2.18. The molecule has 0 aromatic carbocycles. The average Bonchev–Trinajstić information content (AvgIpc) is 3.23. The Morgan fingerprint density at radius 1 is 0.339 bits per heavy atom. The van der Waals surface area contributed by atoms with Gasteiger partial charge in [-0.15, -0.1) is 0 Å². The van der Waals surface area contributed by atoms with Crippen molar-refractivity contribution in [3.8, 4) is 0 Å². The maximum atomic E-state index is 12.8. The van der Waals surface area contributed by atoms with Gasteiger partial charge in [0.05, 0.1) is 0 Å². The molecule has 0 spiro atoms. The van der Waals surface area contributed by atoms with Crippen LogP contribution in [-0.4, -0.2) is 37.2 Å². The van der Waals surface area contributed by atoms with Crippen molar-refractivity contribution in [2.24, 2.45) is 0 Å². The fraction of sp³-hybridized carbons (Fsp3) is 0.830. The molecule has 0 saturated carbocycles. The molecule has 0 radical (unpaired) electrons. The summed E-state index contributed by atoms with van der Waals surface area (Å²) in [5.74, 6) is -0.892. The van der Waals surface area contributed by atoms with Gasteiger partial charge in [0.15, 0.2) is 6.10 Å². The minimum Gasteiger partial charge on any atom is -0.462 e. The lowest BCUT2D eigenvalue weighted by molar-refractivity contribution is -0.167. The van der Waals surface area contributed by atoms with Crippen molar-refractivity contribution in [2.45, 2.75) is 271 Å². The van der Waals surface area contributed by atoms with Gasteiger partial charge in [-0.3, -0.25) is 14.4 Å². The molecule has 0 aromatic rings. The Morgan fingerprint density at radius 3 is 1.00 bits per heavy atom. The van der Waals surface area contributed by atoms with Crippen LogP contribution in [0.25, 0.3) is 0 Å². The van der Waals surface area contributed by atoms with Gasteiger partial charge in [-0.1, -0.05) is 211 Å². The van der Waals surface area contributed by atoms with Crippen LogP contribution in [0.2, 0.25) is 0 Å². The molecule has 0 aliphatic heterocycles. The van der Waals surface area contributed by atoms with E-state index in [0.29, 0.717) is 19.3 Å². The lowest BCUT2D eigenvalue weighted by Crippen LogP contribution is -2.30. The van der Waals surface area contributed by atoms with Gasteiger partial charge in [0.2, 0.25) is 0 Å². The Morgan fingerprint density at radius 2 is 0.627 bits per heavy atom. The average molecular weight is 829 g/mol. The number of allylic oxidation sites excluding steroid dienone is 6. The smallest absolute Gasteiger partial charge is 0.306 e. The van der Waals surface area contributed by atoms with E-state index >= 15 is 0 Å². The molecule has 1 atom stereocenters. The Balaban J connectivity index is 4.39. The predicted octanol–water partition coefficient (Wildman–Crippen LogP) is 16.5. The number of carbonyl (C=O) groups is 3. The van der Waals surface area contributed by atoms with Crippen molar-refractivity contribution in [3.05, 3.63) is 36.5 Å². The molecule has 0 aliphatic rings. The quantitative estimate of drug-likeness (QED) is 0.0263. The Bertz CT molecular complexity index is 1000. The van der Waals surface area contributed by atoms with E-state index in [9.17, 15) is 14.4 Å². The Hall–Kier alpha value is -2.37. The largest absolute Gasteiger partial charge is 0.462 e. The van der Waals surface area contributed by atoms with Gasteiger partial charge in [-0.25, -0.2) is 0 Å². The van der Waals surface area contributed by atoms with Gasteiger partial charge in [0, 0.05) is 19.3 Å². The highest BCUT2D eigenvalue weighted by atomic mass is 16.6. The van der Waals surface area contributed by atoms with Crippen LogP contribution in [0.5, 0.6) is 0 Å². The van der Waals surface area contributed by atoms with Gasteiger partial charge in [0.1, 0.15) is 13.2 Å². The molecule has 0 fully saturated rings. The molecule has 0 aliphatic carbocycles. The minimum absolute atomic E-state index is 0.0772. The summed E-state index contributed by atoms with van der Waals surface area (Å²) in [6.07, 6.45) is 55.5. The molecule has 0 unspecified atom stereocenters. The molecule has 0 saturated heterocycles. The van der Waals surface area contributed by atoms with E-state index in [1.165, 1.54) is 141 Å². The third kappa shape index (κ3) is 46.5. The second-order valence-electron chi connectivity index (χ2n) is 17.1. The molecule has 344 valence electrons. The van der Waals surface area contributed by atoms with Crippen LogP contribution in [0.3, 0.4) is 0 Å². The van der Waals surface area contributed by atoms with Crippen molar-refractivity contribution in [3.63, 3.8) is 0 Å². The van der Waals surface area contributed by atoms with Gasteiger partial charge in [-0.2, -0.15) is 0 Å². The first kappa shape index (κ1) is 56.6. The summed E-state index contributed by atoms with van der Waals surface area (Å²) in [4.78, 5) is 37.9. The maximum Gasteiger partial charge on any atom is 0.306 e. The summed E-state index contributed by atoms with van der Waals surface area (Å²) in [6, 6.07) is 0. The van der Waals surface area contributed by atoms with Gasteiger partial charge in [-0.05, 0) is 70.6 Å². The predicted molar refractivity (Wildman–Crippen MR) is 252 cm³/mol. The van der Waals surface area contributed by atoms with E-state index in [4.69, 9.17) is 14.2 Å². The summed E-state index contributed by atoms with van der Waals surface area (Å²) in [6.45, 7) is 6.58. The summed E-state index contributed by atoms with van der Waals surface area (Å²) < 4.78 is 16.8. The first-order chi connectivity index (χ1) is 29.0. The molecular formula is C53H96O6. The summed E-state index contributed by atoms with van der Waals surface area (Å²) in [5, 5.41) is 0. The fourth-order valence-corrected chi connectivity index (χ4v) is 7.22. The molecule has 0 rings (SSSR count). The van der Waals surface area contributed by atoms with Crippen LogP contribution in [0.1, 0.15) is 265 Å². The molecule has 0 N–H and O–H groups in total. The Labute approximate surface area is 365 Å². The van der Waals surface area contributed by atoms with Crippen LogP contribution in [0.15, 0.2) is 36.5 Å². The molecule has 0 heterocycles. The summed E-state index contributed by atoms with van der Waals surface area (Å²) in [5.41, 5.74) is 0. The molecule has 6 nitrogen and oxygen atoms in total. The zero-order valence-electron chi connectivity index (χ0n) is 39.3. The van der Waals surface area contributed by atoms with Crippen molar-refractivity contribution in [1.29, 1.82) is 0 Å². The topological polar surface area (TPSA) is 78.9 Å².